The van der Waals surface area contributed by atoms with Crippen molar-refractivity contribution in [2.75, 3.05) is 26.2 Å². The van der Waals surface area contributed by atoms with Gasteiger partial charge in [-0.3, -0.25) is 0 Å². The van der Waals surface area contributed by atoms with E-state index in [-0.39, 0.29) is 11.3 Å². The maximum absolute atomic E-state index is 12.7. The van der Waals surface area contributed by atoms with E-state index in [1.54, 1.807) is 36.4 Å². The lowest BCUT2D eigenvalue weighted by Gasteiger charge is -2.25. The highest BCUT2D eigenvalue weighted by Crippen LogP contribution is 2.33. The van der Waals surface area contributed by atoms with Gasteiger partial charge in [0.2, 0.25) is 0 Å². The standard InChI is InChI=1S/C22H21ClN2O5/c1-13-9-16-14(12-28-2)10-19(23)24-17(16)11-18(13)25-8-6-5-7-15(21(26)29-3)20(25)22(27)30-4/h5-11H,12H2,1-4H3. The Morgan fingerprint density at radius 2 is 1.80 bits per heavy atom. The van der Waals surface area contributed by atoms with Crippen molar-refractivity contribution in [2.24, 2.45) is 0 Å². The van der Waals surface area contributed by atoms with Gasteiger partial charge in [0.05, 0.1) is 37.6 Å². The van der Waals surface area contributed by atoms with Crippen molar-refractivity contribution in [2.45, 2.75) is 13.5 Å². The van der Waals surface area contributed by atoms with Crippen molar-refractivity contribution < 1.29 is 23.8 Å². The van der Waals surface area contributed by atoms with E-state index in [4.69, 9.17) is 25.8 Å². The van der Waals surface area contributed by atoms with E-state index in [0.717, 1.165) is 16.5 Å². The second-order valence-corrected chi connectivity index (χ2v) is 6.90. The number of allylic oxidation sites excluding steroid dienone is 2. The number of anilines is 1. The monoisotopic (exact) mass is 428 g/mol. The Bertz CT molecular complexity index is 1100. The zero-order valence-corrected chi connectivity index (χ0v) is 17.8. The first-order chi connectivity index (χ1) is 14.4. The first-order valence-corrected chi connectivity index (χ1v) is 9.42. The van der Waals surface area contributed by atoms with Crippen molar-refractivity contribution in [1.29, 1.82) is 0 Å². The van der Waals surface area contributed by atoms with E-state index < -0.39 is 11.9 Å². The number of benzene rings is 1. The predicted molar refractivity (Wildman–Crippen MR) is 114 cm³/mol. The highest BCUT2D eigenvalue weighted by molar-refractivity contribution is 6.30. The highest BCUT2D eigenvalue weighted by Gasteiger charge is 2.28. The minimum Gasteiger partial charge on any atom is -0.465 e. The van der Waals surface area contributed by atoms with Crippen molar-refractivity contribution in [3.05, 3.63) is 70.2 Å². The van der Waals surface area contributed by atoms with Gasteiger partial charge in [0.15, 0.2) is 0 Å². The first-order valence-electron chi connectivity index (χ1n) is 9.05. The van der Waals surface area contributed by atoms with Crippen LogP contribution in [0, 0.1) is 6.92 Å². The van der Waals surface area contributed by atoms with Crippen LogP contribution in [0.15, 0.2) is 53.9 Å². The minimum absolute atomic E-state index is 0.0379. The van der Waals surface area contributed by atoms with E-state index in [1.165, 1.54) is 20.3 Å². The number of hydrogen-bond acceptors (Lipinski definition) is 7. The SMILES string of the molecule is COCc1cc(Cl)nc2cc(N3C=CC=CC(C(=O)OC)=C3C(=O)OC)c(C)cc12. The van der Waals surface area contributed by atoms with Crippen molar-refractivity contribution in [3.63, 3.8) is 0 Å². The Hall–Kier alpha value is -3.16. The van der Waals surface area contributed by atoms with E-state index in [1.807, 2.05) is 19.1 Å². The minimum atomic E-state index is -0.676. The number of esters is 2. The molecule has 2 aromatic rings. The van der Waals surface area contributed by atoms with Crippen molar-refractivity contribution in [3.8, 4) is 0 Å². The molecule has 0 aliphatic carbocycles. The molecule has 1 aliphatic rings. The zero-order chi connectivity index (χ0) is 21.8. The second-order valence-electron chi connectivity index (χ2n) is 6.51. The molecule has 0 amide bonds. The smallest absolute Gasteiger partial charge is 0.355 e. The number of aryl methyl sites for hydroxylation is 1. The molecular weight excluding hydrogens is 408 g/mol. The fourth-order valence-corrected chi connectivity index (χ4v) is 3.51. The molecule has 0 spiro atoms. The van der Waals surface area contributed by atoms with Gasteiger partial charge in [-0.25, -0.2) is 14.6 Å². The van der Waals surface area contributed by atoms with Crippen LogP contribution in [0.25, 0.3) is 10.9 Å². The van der Waals surface area contributed by atoms with Gasteiger partial charge < -0.3 is 19.1 Å². The van der Waals surface area contributed by atoms with Crippen LogP contribution in [0.1, 0.15) is 11.1 Å². The lowest BCUT2D eigenvalue weighted by atomic mass is 10.0. The number of hydrogen-bond donors (Lipinski definition) is 0. The first kappa shape index (κ1) is 21.5. The number of ether oxygens (including phenoxy) is 3. The number of fused-ring (bicyclic) bond motifs is 1. The van der Waals surface area contributed by atoms with Crippen LogP contribution in [0.3, 0.4) is 0 Å². The van der Waals surface area contributed by atoms with Gasteiger partial charge in [-0.2, -0.15) is 0 Å². The van der Waals surface area contributed by atoms with Crippen LogP contribution in [-0.2, 0) is 30.4 Å². The summed E-state index contributed by atoms with van der Waals surface area (Å²) in [6.45, 7) is 2.28. The molecule has 30 heavy (non-hydrogen) atoms. The largest absolute Gasteiger partial charge is 0.465 e. The Labute approximate surface area is 179 Å². The Kier molecular flexibility index (Phi) is 6.54. The molecule has 0 atom stereocenters. The molecule has 3 rings (SSSR count). The summed E-state index contributed by atoms with van der Waals surface area (Å²) in [6.07, 6.45) is 6.55. The second kappa shape index (κ2) is 9.11. The van der Waals surface area contributed by atoms with Crippen LogP contribution in [0.2, 0.25) is 5.15 Å². The summed E-state index contributed by atoms with van der Waals surface area (Å²) < 4.78 is 15.1. The molecule has 2 heterocycles. The Balaban J connectivity index is 2.27. The third kappa shape index (κ3) is 4.08. The van der Waals surface area contributed by atoms with Gasteiger partial charge in [-0.15, -0.1) is 0 Å². The molecule has 0 unspecified atom stereocenters. The molecule has 0 bridgehead atoms. The lowest BCUT2D eigenvalue weighted by Crippen LogP contribution is -2.27. The molecule has 1 aliphatic heterocycles. The number of carbonyl (C=O) groups excluding carboxylic acids is 2. The number of aromatic nitrogens is 1. The van der Waals surface area contributed by atoms with Gasteiger partial charge in [-0.05, 0) is 48.4 Å². The zero-order valence-electron chi connectivity index (χ0n) is 17.1. The summed E-state index contributed by atoms with van der Waals surface area (Å²) in [7, 11) is 4.12. The number of pyridine rings is 1. The van der Waals surface area contributed by atoms with Crippen LogP contribution < -0.4 is 4.90 Å². The van der Waals surface area contributed by atoms with Gasteiger partial charge >= 0.3 is 11.9 Å². The Morgan fingerprint density at radius 1 is 1.07 bits per heavy atom. The number of halogens is 1. The highest BCUT2D eigenvalue weighted by atomic mass is 35.5. The maximum Gasteiger partial charge on any atom is 0.355 e. The van der Waals surface area contributed by atoms with Gasteiger partial charge in [0.25, 0.3) is 0 Å². The van der Waals surface area contributed by atoms with Crippen molar-refractivity contribution in [1.82, 2.24) is 4.98 Å². The fraction of sp³-hybridized carbons (Fsp3) is 0.227. The van der Waals surface area contributed by atoms with Crippen LogP contribution in [-0.4, -0.2) is 38.3 Å². The molecule has 1 aromatic heterocycles. The topological polar surface area (TPSA) is 78.0 Å². The normalized spacial score (nSPS) is 13.6. The molecule has 0 N–H and O–H groups in total. The number of carbonyl (C=O) groups is 2. The van der Waals surface area contributed by atoms with Crippen molar-refractivity contribution >= 4 is 40.1 Å². The number of methoxy groups -OCH3 is 3. The molecule has 1 aromatic carbocycles. The number of rotatable bonds is 5. The van der Waals surface area contributed by atoms with E-state index >= 15 is 0 Å². The molecule has 8 heteroatoms. The summed E-state index contributed by atoms with van der Waals surface area (Å²) >= 11 is 6.20. The number of nitrogens with zero attached hydrogens (tertiary/aromatic N) is 2. The molecular formula is C22H21ClN2O5. The summed E-state index contributed by atoms with van der Waals surface area (Å²) in [6, 6.07) is 5.52. The van der Waals surface area contributed by atoms with E-state index in [2.05, 4.69) is 4.98 Å². The van der Waals surface area contributed by atoms with Gasteiger partial charge in [0, 0.05) is 18.7 Å². The molecule has 0 radical (unpaired) electrons. The molecule has 0 fully saturated rings. The van der Waals surface area contributed by atoms with Crippen LogP contribution in [0.4, 0.5) is 5.69 Å². The fourth-order valence-electron chi connectivity index (χ4n) is 3.29. The van der Waals surface area contributed by atoms with Gasteiger partial charge in [0.1, 0.15) is 10.9 Å². The third-order valence-electron chi connectivity index (χ3n) is 4.63. The van der Waals surface area contributed by atoms with E-state index in [9.17, 15) is 9.59 Å². The average molecular weight is 429 g/mol. The third-order valence-corrected chi connectivity index (χ3v) is 4.82. The predicted octanol–water partition coefficient (Wildman–Crippen LogP) is 3.83. The summed E-state index contributed by atoms with van der Waals surface area (Å²) in [5.74, 6) is -1.33. The van der Waals surface area contributed by atoms with E-state index in [0.29, 0.717) is 23.0 Å². The molecule has 156 valence electrons. The lowest BCUT2D eigenvalue weighted by molar-refractivity contribution is -0.139. The summed E-state index contributed by atoms with van der Waals surface area (Å²) in [5.41, 5.74) is 3.13. The molecule has 0 saturated carbocycles. The summed E-state index contributed by atoms with van der Waals surface area (Å²) in [4.78, 5) is 31.0. The maximum atomic E-state index is 12.7. The Morgan fingerprint density at radius 3 is 2.47 bits per heavy atom. The molecule has 7 nitrogen and oxygen atoms in total. The van der Waals surface area contributed by atoms with Crippen LogP contribution >= 0.6 is 11.6 Å². The van der Waals surface area contributed by atoms with Crippen LogP contribution in [0.5, 0.6) is 0 Å². The van der Waals surface area contributed by atoms with Gasteiger partial charge in [-0.1, -0.05) is 17.7 Å². The molecule has 0 saturated heterocycles. The quantitative estimate of drug-likeness (QED) is 0.529. The summed E-state index contributed by atoms with van der Waals surface area (Å²) in [5, 5.41) is 1.22. The average Bonchev–Trinajstić information content (AvgIpc) is 2.95.